The van der Waals surface area contributed by atoms with E-state index in [2.05, 4.69) is 31.4 Å². The molecule has 0 saturated carbocycles. The molecule has 30 heavy (non-hydrogen) atoms. The van der Waals surface area contributed by atoms with E-state index in [0.717, 1.165) is 5.56 Å². The van der Waals surface area contributed by atoms with E-state index < -0.39 is 23.9 Å². The maximum atomic E-state index is 12.2. The SMILES string of the molecule is C[C@@H](OC(=O)CNC(=O)c1ccc(C(C)(C)C)cc1)C(=O)Nc1cccc(C#N)c1. The Hall–Kier alpha value is -3.66. The number of carbonyl (C=O) groups is 3. The number of nitrogens with zero attached hydrogens (tertiary/aromatic N) is 1. The van der Waals surface area contributed by atoms with Crippen molar-refractivity contribution in [3.05, 3.63) is 65.2 Å². The molecule has 0 aromatic heterocycles. The summed E-state index contributed by atoms with van der Waals surface area (Å²) in [5.41, 5.74) is 2.33. The van der Waals surface area contributed by atoms with E-state index in [9.17, 15) is 14.4 Å². The van der Waals surface area contributed by atoms with E-state index in [1.54, 1.807) is 30.3 Å². The Morgan fingerprint density at radius 3 is 2.37 bits per heavy atom. The second-order valence-corrected chi connectivity index (χ2v) is 7.82. The molecule has 0 spiro atoms. The van der Waals surface area contributed by atoms with Crippen LogP contribution in [0.5, 0.6) is 0 Å². The van der Waals surface area contributed by atoms with Crippen LogP contribution in [-0.2, 0) is 19.7 Å². The third-order valence-corrected chi connectivity index (χ3v) is 4.34. The van der Waals surface area contributed by atoms with E-state index >= 15 is 0 Å². The van der Waals surface area contributed by atoms with Crippen LogP contribution in [0.4, 0.5) is 5.69 Å². The van der Waals surface area contributed by atoms with Crippen molar-refractivity contribution >= 4 is 23.5 Å². The van der Waals surface area contributed by atoms with Gasteiger partial charge in [-0.25, -0.2) is 0 Å². The minimum Gasteiger partial charge on any atom is -0.451 e. The first-order valence-corrected chi connectivity index (χ1v) is 9.49. The van der Waals surface area contributed by atoms with Crippen LogP contribution >= 0.6 is 0 Å². The lowest BCUT2D eigenvalue weighted by Crippen LogP contribution is -2.35. The molecular formula is C23H25N3O4. The number of nitrogens with one attached hydrogen (secondary N) is 2. The Morgan fingerprint density at radius 2 is 1.77 bits per heavy atom. The van der Waals surface area contributed by atoms with Crippen molar-refractivity contribution in [2.24, 2.45) is 0 Å². The highest BCUT2D eigenvalue weighted by Crippen LogP contribution is 2.22. The lowest BCUT2D eigenvalue weighted by molar-refractivity contribution is -0.152. The predicted molar refractivity (Wildman–Crippen MR) is 113 cm³/mol. The third-order valence-electron chi connectivity index (χ3n) is 4.34. The molecule has 0 aliphatic rings. The Labute approximate surface area is 176 Å². The van der Waals surface area contributed by atoms with E-state index in [4.69, 9.17) is 10.00 Å². The third kappa shape index (κ3) is 6.45. The number of ether oxygens (including phenoxy) is 1. The summed E-state index contributed by atoms with van der Waals surface area (Å²) in [4.78, 5) is 36.3. The number of hydrogen-bond donors (Lipinski definition) is 2. The number of anilines is 1. The standard InChI is InChI=1S/C23H25N3O4/c1-15(21(28)26-19-7-5-6-16(12-19)13-24)30-20(27)14-25-22(29)17-8-10-18(11-9-17)23(2,3)4/h5-12,15H,14H2,1-4H3,(H,25,29)(H,26,28)/t15-/m1/s1. The Balaban J connectivity index is 1.83. The number of nitriles is 1. The van der Waals surface area contributed by atoms with Gasteiger partial charge >= 0.3 is 5.97 Å². The Morgan fingerprint density at radius 1 is 1.10 bits per heavy atom. The molecule has 7 heteroatoms. The maximum Gasteiger partial charge on any atom is 0.326 e. The van der Waals surface area contributed by atoms with Crippen molar-refractivity contribution in [3.63, 3.8) is 0 Å². The summed E-state index contributed by atoms with van der Waals surface area (Å²) in [6.07, 6.45) is -1.06. The normalized spacial score (nSPS) is 11.7. The van der Waals surface area contributed by atoms with Gasteiger partial charge in [-0.15, -0.1) is 0 Å². The number of benzene rings is 2. The summed E-state index contributed by atoms with van der Waals surface area (Å²) >= 11 is 0. The summed E-state index contributed by atoms with van der Waals surface area (Å²) < 4.78 is 5.06. The predicted octanol–water partition coefficient (Wildman–Crippen LogP) is 3.16. The average Bonchev–Trinajstić information content (AvgIpc) is 2.71. The molecule has 2 N–H and O–H groups in total. The van der Waals surface area contributed by atoms with E-state index in [0.29, 0.717) is 16.8 Å². The summed E-state index contributed by atoms with van der Waals surface area (Å²) in [6, 6.07) is 15.5. The van der Waals surface area contributed by atoms with Crippen molar-refractivity contribution in [1.82, 2.24) is 5.32 Å². The zero-order chi connectivity index (χ0) is 22.3. The van der Waals surface area contributed by atoms with E-state index in [1.807, 2.05) is 18.2 Å². The Bertz CT molecular complexity index is 969. The van der Waals surface area contributed by atoms with Crippen LogP contribution in [0.3, 0.4) is 0 Å². The number of hydrogen-bond acceptors (Lipinski definition) is 5. The fraction of sp³-hybridized carbons (Fsp3) is 0.304. The van der Waals surface area contributed by atoms with Gasteiger partial charge < -0.3 is 15.4 Å². The van der Waals surface area contributed by atoms with Gasteiger partial charge in [-0.1, -0.05) is 39.0 Å². The van der Waals surface area contributed by atoms with Crippen LogP contribution in [0, 0.1) is 11.3 Å². The molecule has 0 bridgehead atoms. The highest BCUT2D eigenvalue weighted by molar-refractivity contribution is 5.97. The van der Waals surface area contributed by atoms with Gasteiger partial charge in [0.15, 0.2) is 6.10 Å². The minimum absolute atomic E-state index is 0.0224. The molecule has 2 rings (SSSR count). The first-order chi connectivity index (χ1) is 14.1. The maximum absolute atomic E-state index is 12.2. The van der Waals surface area contributed by atoms with Crippen molar-refractivity contribution in [2.75, 3.05) is 11.9 Å². The minimum atomic E-state index is -1.06. The van der Waals surface area contributed by atoms with Gasteiger partial charge in [-0.05, 0) is 48.2 Å². The number of carbonyl (C=O) groups excluding carboxylic acids is 3. The second kappa shape index (κ2) is 9.70. The quantitative estimate of drug-likeness (QED) is 0.715. The average molecular weight is 407 g/mol. The molecule has 0 aliphatic heterocycles. The van der Waals surface area contributed by atoms with E-state index in [1.165, 1.54) is 13.0 Å². The molecule has 0 unspecified atom stereocenters. The van der Waals surface area contributed by atoms with Gasteiger partial charge in [0.1, 0.15) is 6.54 Å². The molecule has 156 valence electrons. The van der Waals surface area contributed by atoms with Gasteiger partial charge in [0, 0.05) is 11.3 Å². The largest absolute Gasteiger partial charge is 0.451 e. The fourth-order valence-corrected chi connectivity index (χ4v) is 2.58. The molecule has 0 aliphatic carbocycles. The molecule has 0 fully saturated rings. The molecule has 2 aromatic carbocycles. The molecular weight excluding hydrogens is 382 g/mol. The smallest absolute Gasteiger partial charge is 0.326 e. The summed E-state index contributed by atoms with van der Waals surface area (Å²) in [5.74, 6) is -1.68. The monoisotopic (exact) mass is 407 g/mol. The van der Waals surface area contributed by atoms with Gasteiger partial charge in [-0.2, -0.15) is 5.26 Å². The van der Waals surface area contributed by atoms with Gasteiger partial charge in [0.25, 0.3) is 11.8 Å². The zero-order valence-corrected chi connectivity index (χ0v) is 17.5. The summed E-state index contributed by atoms with van der Waals surface area (Å²) in [5, 5.41) is 14.0. The summed E-state index contributed by atoms with van der Waals surface area (Å²) in [6.45, 7) is 7.30. The second-order valence-electron chi connectivity index (χ2n) is 7.82. The zero-order valence-electron chi connectivity index (χ0n) is 17.5. The van der Waals surface area contributed by atoms with Gasteiger partial charge in [0.05, 0.1) is 11.6 Å². The topological polar surface area (TPSA) is 108 Å². The van der Waals surface area contributed by atoms with Crippen molar-refractivity contribution in [2.45, 2.75) is 39.2 Å². The first-order valence-electron chi connectivity index (χ1n) is 9.49. The van der Waals surface area contributed by atoms with Crippen LogP contribution < -0.4 is 10.6 Å². The summed E-state index contributed by atoms with van der Waals surface area (Å²) in [7, 11) is 0. The van der Waals surface area contributed by atoms with Crippen LogP contribution in [0.2, 0.25) is 0 Å². The molecule has 0 heterocycles. The molecule has 1 atom stereocenters. The molecule has 2 aromatic rings. The lowest BCUT2D eigenvalue weighted by Gasteiger charge is -2.19. The van der Waals surface area contributed by atoms with Gasteiger partial charge in [-0.3, -0.25) is 14.4 Å². The number of rotatable bonds is 6. The van der Waals surface area contributed by atoms with Crippen LogP contribution in [0.25, 0.3) is 0 Å². The Kier molecular flexibility index (Phi) is 7.32. The fourth-order valence-electron chi connectivity index (χ4n) is 2.58. The highest BCUT2D eigenvalue weighted by atomic mass is 16.5. The van der Waals surface area contributed by atoms with Crippen molar-refractivity contribution in [3.8, 4) is 6.07 Å². The number of amides is 2. The number of esters is 1. The van der Waals surface area contributed by atoms with Crippen LogP contribution in [0.15, 0.2) is 48.5 Å². The van der Waals surface area contributed by atoms with Gasteiger partial charge in [0.2, 0.25) is 0 Å². The van der Waals surface area contributed by atoms with Crippen molar-refractivity contribution < 1.29 is 19.1 Å². The van der Waals surface area contributed by atoms with Crippen molar-refractivity contribution in [1.29, 1.82) is 5.26 Å². The molecule has 0 saturated heterocycles. The highest BCUT2D eigenvalue weighted by Gasteiger charge is 2.19. The van der Waals surface area contributed by atoms with E-state index in [-0.39, 0.29) is 12.0 Å². The van der Waals surface area contributed by atoms with Crippen LogP contribution in [0.1, 0.15) is 49.2 Å². The molecule has 0 radical (unpaired) electrons. The molecule has 2 amide bonds. The molecule has 7 nitrogen and oxygen atoms in total. The first kappa shape index (κ1) is 22.6. The lowest BCUT2D eigenvalue weighted by atomic mass is 9.87. The van der Waals surface area contributed by atoms with Crippen LogP contribution in [-0.4, -0.2) is 30.4 Å².